The summed E-state index contributed by atoms with van der Waals surface area (Å²) in [6, 6.07) is 9.91. The molecule has 2 aromatic carbocycles. The van der Waals surface area contributed by atoms with Crippen molar-refractivity contribution in [2.45, 2.75) is 24.7 Å². The van der Waals surface area contributed by atoms with Gasteiger partial charge >= 0.3 is 0 Å². The van der Waals surface area contributed by atoms with E-state index in [2.05, 4.69) is 5.32 Å². The van der Waals surface area contributed by atoms with Gasteiger partial charge in [0.1, 0.15) is 10.7 Å². The average molecular weight is 566 g/mol. The van der Waals surface area contributed by atoms with Crippen LogP contribution in [0, 0.1) is 11.7 Å². The lowest BCUT2D eigenvalue weighted by molar-refractivity contribution is -0.122. The molecule has 196 valence electrons. The van der Waals surface area contributed by atoms with Crippen molar-refractivity contribution < 1.29 is 27.2 Å². The molecule has 0 aliphatic carbocycles. The summed E-state index contributed by atoms with van der Waals surface area (Å²) >= 11 is 6.89. The Hall–Kier alpha value is -2.73. The first kappa shape index (κ1) is 27.3. The molecule has 4 rings (SSSR count). The molecule has 3 amide bonds. The second-order valence-electron chi connectivity index (χ2n) is 8.87. The van der Waals surface area contributed by atoms with Crippen LogP contribution in [-0.2, 0) is 14.8 Å². The van der Waals surface area contributed by atoms with E-state index in [4.69, 9.17) is 11.6 Å². The first-order valence-corrected chi connectivity index (χ1v) is 14.3. The molecule has 1 N–H and O–H groups in total. The van der Waals surface area contributed by atoms with Crippen molar-refractivity contribution in [2.75, 3.05) is 26.2 Å². The van der Waals surface area contributed by atoms with Gasteiger partial charge in [-0.1, -0.05) is 36.7 Å². The zero-order chi connectivity index (χ0) is 26.7. The Labute approximate surface area is 223 Å². The van der Waals surface area contributed by atoms with Gasteiger partial charge in [-0.05, 0) is 60.9 Å². The van der Waals surface area contributed by atoms with Crippen LogP contribution >= 0.6 is 23.4 Å². The van der Waals surface area contributed by atoms with Gasteiger partial charge in [0.05, 0.1) is 9.93 Å². The highest BCUT2D eigenvalue weighted by atomic mass is 35.5. The van der Waals surface area contributed by atoms with Gasteiger partial charge in [-0.3, -0.25) is 19.3 Å². The van der Waals surface area contributed by atoms with Gasteiger partial charge in [0.2, 0.25) is 10.0 Å². The summed E-state index contributed by atoms with van der Waals surface area (Å²) in [5, 5.41) is 2.09. The molecule has 12 heteroatoms. The van der Waals surface area contributed by atoms with E-state index in [0.29, 0.717) is 24.9 Å². The number of carbonyl (C=O) groups excluding carboxylic acids is 3. The molecule has 1 atom stereocenters. The molecule has 0 bridgehead atoms. The molecule has 2 aliphatic rings. The summed E-state index contributed by atoms with van der Waals surface area (Å²) in [7, 11) is -3.88. The molecular weight excluding hydrogens is 541 g/mol. The lowest BCUT2D eigenvalue weighted by Crippen LogP contribution is -2.39. The third-order valence-corrected chi connectivity index (χ3v) is 9.37. The summed E-state index contributed by atoms with van der Waals surface area (Å²) in [4.78, 5) is 38.6. The second-order valence-corrected chi connectivity index (χ2v) is 12.2. The maximum absolute atomic E-state index is 13.9. The normalized spacial score (nSPS) is 20.0. The number of halogens is 2. The van der Waals surface area contributed by atoms with Gasteiger partial charge < -0.3 is 5.32 Å². The van der Waals surface area contributed by atoms with Gasteiger partial charge in [0.25, 0.3) is 17.1 Å². The first-order valence-electron chi connectivity index (χ1n) is 11.7. The molecule has 0 spiro atoms. The van der Waals surface area contributed by atoms with E-state index in [1.54, 1.807) is 6.07 Å². The van der Waals surface area contributed by atoms with Crippen molar-refractivity contribution >= 4 is 56.5 Å². The molecule has 1 unspecified atom stereocenters. The Morgan fingerprint density at radius 1 is 1.24 bits per heavy atom. The largest absolute Gasteiger partial charge is 0.350 e. The molecule has 2 saturated heterocycles. The van der Waals surface area contributed by atoms with Crippen molar-refractivity contribution in [3.63, 3.8) is 0 Å². The van der Waals surface area contributed by atoms with Crippen molar-refractivity contribution in [1.82, 2.24) is 14.5 Å². The smallest absolute Gasteiger partial charge is 0.293 e. The van der Waals surface area contributed by atoms with Gasteiger partial charge in [0, 0.05) is 37.3 Å². The summed E-state index contributed by atoms with van der Waals surface area (Å²) in [6.07, 6.45) is 3.02. The third kappa shape index (κ3) is 6.06. The number of benzene rings is 2. The molecule has 2 aliphatic heterocycles. The van der Waals surface area contributed by atoms with Crippen LogP contribution in [0.3, 0.4) is 0 Å². The molecule has 0 saturated carbocycles. The van der Waals surface area contributed by atoms with E-state index in [0.717, 1.165) is 17.7 Å². The SMILES string of the molecule is CC1CCCN(S(=O)(=O)c2cc(C(=O)NCCN3C(=O)SC(=Cc4ccccc4F)C3=O)ccc2Cl)C1. The number of thioether (sulfide) groups is 1. The Kier molecular flexibility index (Phi) is 8.37. The van der Waals surface area contributed by atoms with Crippen LogP contribution < -0.4 is 5.32 Å². The average Bonchev–Trinajstić information content (AvgIpc) is 3.12. The predicted molar refractivity (Wildman–Crippen MR) is 140 cm³/mol. The van der Waals surface area contributed by atoms with Crippen LogP contribution in [0.15, 0.2) is 52.3 Å². The predicted octanol–water partition coefficient (Wildman–Crippen LogP) is 4.37. The van der Waals surface area contributed by atoms with Crippen molar-refractivity contribution in [1.29, 1.82) is 0 Å². The summed E-state index contributed by atoms with van der Waals surface area (Å²) < 4.78 is 41.6. The highest BCUT2D eigenvalue weighted by molar-refractivity contribution is 8.18. The molecule has 2 heterocycles. The third-order valence-electron chi connectivity index (χ3n) is 6.12. The van der Waals surface area contributed by atoms with Gasteiger partial charge in [-0.25, -0.2) is 12.8 Å². The zero-order valence-corrected chi connectivity index (χ0v) is 22.3. The number of hydrogen-bond donors (Lipinski definition) is 1. The number of rotatable bonds is 7. The molecule has 0 radical (unpaired) electrons. The fourth-order valence-corrected chi connectivity index (χ4v) is 7.11. The van der Waals surface area contributed by atoms with E-state index in [1.165, 1.54) is 46.8 Å². The van der Waals surface area contributed by atoms with Crippen molar-refractivity contribution in [3.05, 3.63) is 69.3 Å². The monoisotopic (exact) mass is 565 g/mol. The van der Waals surface area contributed by atoms with E-state index in [1.807, 2.05) is 6.92 Å². The number of carbonyl (C=O) groups is 3. The lowest BCUT2D eigenvalue weighted by Gasteiger charge is -2.30. The molecule has 2 fully saturated rings. The first-order chi connectivity index (χ1) is 17.6. The minimum absolute atomic E-state index is 0.0224. The van der Waals surface area contributed by atoms with Crippen LogP contribution in [0.4, 0.5) is 9.18 Å². The lowest BCUT2D eigenvalue weighted by atomic mass is 10.0. The minimum Gasteiger partial charge on any atom is -0.350 e. The number of imide groups is 1. The number of nitrogens with one attached hydrogen (secondary N) is 1. The van der Waals surface area contributed by atoms with Crippen LogP contribution in [0.5, 0.6) is 0 Å². The Bertz CT molecular complexity index is 1380. The maximum atomic E-state index is 13.9. The van der Waals surface area contributed by atoms with Crippen molar-refractivity contribution in [3.8, 4) is 0 Å². The van der Waals surface area contributed by atoms with Crippen LogP contribution in [0.1, 0.15) is 35.7 Å². The molecule has 8 nitrogen and oxygen atoms in total. The fourth-order valence-electron chi connectivity index (χ4n) is 4.16. The van der Waals surface area contributed by atoms with E-state index < -0.39 is 32.9 Å². The number of nitrogens with zero attached hydrogens (tertiary/aromatic N) is 2. The van der Waals surface area contributed by atoms with Gasteiger partial charge in [-0.15, -0.1) is 0 Å². The van der Waals surface area contributed by atoms with Crippen LogP contribution in [0.2, 0.25) is 5.02 Å². The minimum atomic E-state index is -3.88. The molecular formula is C25H25ClFN3O5S2. The van der Waals surface area contributed by atoms with E-state index in [9.17, 15) is 27.2 Å². The number of piperidine rings is 1. The summed E-state index contributed by atoms with van der Waals surface area (Å²) in [6.45, 7) is 2.61. The maximum Gasteiger partial charge on any atom is 0.293 e. The Morgan fingerprint density at radius 2 is 2.00 bits per heavy atom. The fraction of sp³-hybridized carbons (Fsp3) is 0.320. The van der Waals surface area contributed by atoms with E-state index in [-0.39, 0.29) is 45.0 Å². The standard InChI is InChI=1S/C25H25ClFN3O5S2/c1-16-5-4-11-29(15-16)37(34,35)22-14-18(8-9-19(22)26)23(31)28-10-12-30-24(32)21(36-25(30)33)13-17-6-2-3-7-20(17)27/h2-3,6-9,13-14,16H,4-5,10-12,15H2,1H3,(H,28,31). The highest BCUT2D eigenvalue weighted by Crippen LogP contribution is 2.32. The Morgan fingerprint density at radius 3 is 2.73 bits per heavy atom. The zero-order valence-electron chi connectivity index (χ0n) is 19.9. The molecule has 37 heavy (non-hydrogen) atoms. The molecule has 0 aromatic heterocycles. The molecule has 2 aromatic rings. The quantitative estimate of drug-likeness (QED) is 0.500. The van der Waals surface area contributed by atoms with Gasteiger partial charge in [0.15, 0.2) is 0 Å². The highest BCUT2D eigenvalue weighted by Gasteiger charge is 2.35. The number of sulfonamides is 1. The Balaban J connectivity index is 1.40. The van der Waals surface area contributed by atoms with E-state index >= 15 is 0 Å². The van der Waals surface area contributed by atoms with Crippen LogP contribution in [0.25, 0.3) is 6.08 Å². The topological polar surface area (TPSA) is 104 Å². The van der Waals surface area contributed by atoms with Crippen molar-refractivity contribution in [2.24, 2.45) is 5.92 Å². The second kappa shape index (κ2) is 11.3. The summed E-state index contributed by atoms with van der Waals surface area (Å²) in [5.74, 6) is -1.44. The van der Waals surface area contributed by atoms with Crippen LogP contribution in [-0.4, -0.2) is 60.9 Å². The number of hydrogen-bond acceptors (Lipinski definition) is 6. The van der Waals surface area contributed by atoms with Gasteiger partial charge in [-0.2, -0.15) is 4.31 Å². The summed E-state index contributed by atoms with van der Waals surface area (Å²) in [5.41, 5.74) is 0.274. The number of amides is 3.